The first-order valence-electron chi connectivity index (χ1n) is 8.59. The standard InChI is InChI=1S/C19H21ClFN3O2/c1-13(19(26)22-16-7-6-14(20)12-15(16)21)23-8-10-24(11-9-23)17-4-2-3-5-18(17)25/h2-7,12-13,25H,8-11H2,1H3,(H,22,26)/p+1/t13-/m0/s1. The van der Waals surface area contributed by atoms with Gasteiger partial charge in [-0.2, -0.15) is 0 Å². The molecule has 1 atom stereocenters. The summed E-state index contributed by atoms with van der Waals surface area (Å²) in [6.07, 6.45) is 0. The molecule has 1 saturated heterocycles. The van der Waals surface area contributed by atoms with Gasteiger partial charge in [0.1, 0.15) is 11.6 Å². The summed E-state index contributed by atoms with van der Waals surface area (Å²) in [6.45, 7) is 4.83. The minimum atomic E-state index is -0.544. The molecule has 1 amide bonds. The lowest BCUT2D eigenvalue weighted by molar-refractivity contribution is -0.914. The van der Waals surface area contributed by atoms with E-state index in [2.05, 4.69) is 10.2 Å². The second-order valence-corrected chi connectivity index (χ2v) is 6.91. The highest BCUT2D eigenvalue weighted by Gasteiger charge is 2.30. The number of amides is 1. The van der Waals surface area contributed by atoms with E-state index in [4.69, 9.17) is 11.6 Å². The van der Waals surface area contributed by atoms with Crippen molar-refractivity contribution in [2.75, 3.05) is 36.4 Å². The fourth-order valence-corrected chi connectivity index (χ4v) is 3.38. The number of quaternary nitrogens is 1. The zero-order valence-corrected chi connectivity index (χ0v) is 15.3. The highest BCUT2D eigenvalue weighted by atomic mass is 35.5. The number of halogens is 2. The third-order valence-electron chi connectivity index (χ3n) is 4.82. The Balaban J connectivity index is 1.58. The Morgan fingerprint density at radius 2 is 1.96 bits per heavy atom. The van der Waals surface area contributed by atoms with Crippen LogP contribution in [0.25, 0.3) is 0 Å². The number of carbonyl (C=O) groups is 1. The molecule has 2 aromatic carbocycles. The summed E-state index contributed by atoms with van der Waals surface area (Å²) < 4.78 is 13.9. The Morgan fingerprint density at radius 3 is 2.62 bits per heavy atom. The molecule has 0 aliphatic carbocycles. The number of para-hydroxylation sites is 2. The van der Waals surface area contributed by atoms with Gasteiger partial charge in [0.2, 0.25) is 0 Å². The van der Waals surface area contributed by atoms with Gasteiger partial charge in [-0.05, 0) is 37.3 Å². The first-order chi connectivity index (χ1) is 12.5. The molecule has 1 heterocycles. The Labute approximate surface area is 157 Å². The monoisotopic (exact) mass is 378 g/mol. The lowest BCUT2D eigenvalue weighted by Crippen LogP contribution is -3.19. The van der Waals surface area contributed by atoms with Crippen LogP contribution in [-0.4, -0.2) is 43.2 Å². The van der Waals surface area contributed by atoms with E-state index in [-0.39, 0.29) is 23.4 Å². The van der Waals surface area contributed by atoms with Crippen LogP contribution in [0.2, 0.25) is 5.02 Å². The number of phenolic OH excluding ortho intramolecular Hbond substituents is 1. The van der Waals surface area contributed by atoms with Crippen molar-refractivity contribution in [2.24, 2.45) is 0 Å². The highest BCUT2D eigenvalue weighted by Crippen LogP contribution is 2.26. The van der Waals surface area contributed by atoms with E-state index in [1.807, 2.05) is 19.1 Å². The van der Waals surface area contributed by atoms with Gasteiger partial charge in [-0.3, -0.25) is 4.79 Å². The van der Waals surface area contributed by atoms with E-state index in [9.17, 15) is 14.3 Å². The number of hydrogen-bond acceptors (Lipinski definition) is 3. The Kier molecular flexibility index (Phi) is 5.64. The van der Waals surface area contributed by atoms with Gasteiger partial charge < -0.3 is 20.2 Å². The smallest absolute Gasteiger partial charge is 0.282 e. The van der Waals surface area contributed by atoms with E-state index in [0.29, 0.717) is 5.02 Å². The van der Waals surface area contributed by atoms with Crippen molar-refractivity contribution in [3.8, 4) is 5.75 Å². The molecule has 3 rings (SSSR count). The number of carbonyl (C=O) groups excluding carboxylic acids is 1. The van der Waals surface area contributed by atoms with Crippen LogP contribution in [0.15, 0.2) is 42.5 Å². The van der Waals surface area contributed by atoms with Gasteiger partial charge in [-0.15, -0.1) is 0 Å². The molecule has 0 spiro atoms. The summed E-state index contributed by atoms with van der Waals surface area (Å²) in [6, 6.07) is 11.1. The molecule has 2 aromatic rings. The van der Waals surface area contributed by atoms with Crippen LogP contribution in [0.5, 0.6) is 5.75 Å². The molecule has 0 aromatic heterocycles. The molecular weight excluding hydrogens is 357 g/mol. The van der Waals surface area contributed by atoms with Crippen LogP contribution >= 0.6 is 11.6 Å². The van der Waals surface area contributed by atoms with Crippen molar-refractivity contribution in [1.82, 2.24) is 0 Å². The molecule has 1 aliphatic heterocycles. The van der Waals surface area contributed by atoms with Crippen LogP contribution in [-0.2, 0) is 4.79 Å². The maximum Gasteiger partial charge on any atom is 0.282 e. The second-order valence-electron chi connectivity index (χ2n) is 6.47. The van der Waals surface area contributed by atoms with E-state index in [0.717, 1.165) is 36.8 Å². The second kappa shape index (κ2) is 7.93. The molecule has 26 heavy (non-hydrogen) atoms. The van der Waals surface area contributed by atoms with Crippen molar-refractivity contribution in [1.29, 1.82) is 0 Å². The fourth-order valence-electron chi connectivity index (χ4n) is 3.22. The molecule has 3 N–H and O–H groups in total. The molecule has 138 valence electrons. The zero-order chi connectivity index (χ0) is 18.7. The molecule has 0 radical (unpaired) electrons. The molecule has 0 saturated carbocycles. The van der Waals surface area contributed by atoms with Gasteiger partial charge >= 0.3 is 0 Å². The van der Waals surface area contributed by atoms with Crippen LogP contribution in [0, 0.1) is 5.82 Å². The third-order valence-corrected chi connectivity index (χ3v) is 5.06. The Morgan fingerprint density at radius 1 is 1.27 bits per heavy atom. The van der Waals surface area contributed by atoms with Gasteiger partial charge in [0.15, 0.2) is 6.04 Å². The minimum Gasteiger partial charge on any atom is -0.506 e. The summed E-state index contributed by atoms with van der Waals surface area (Å²) in [5.41, 5.74) is 0.949. The molecule has 0 bridgehead atoms. The number of phenols is 1. The molecule has 0 unspecified atom stereocenters. The Hall–Kier alpha value is -2.31. The van der Waals surface area contributed by atoms with Gasteiger partial charge in [-0.25, -0.2) is 4.39 Å². The van der Waals surface area contributed by atoms with Crippen LogP contribution in [0.3, 0.4) is 0 Å². The topological polar surface area (TPSA) is 57.0 Å². The van der Waals surface area contributed by atoms with Gasteiger partial charge in [-0.1, -0.05) is 23.7 Å². The molecular formula is C19H22ClFN3O2+. The molecule has 7 heteroatoms. The third kappa shape index (κ3) is 4.08. The van der Waals surface area contributed by atoms with E-state index in [1.54, 1.807) is 18.2 Å². The van der Waals surface area contributed by atoms with Crippen LogP contribution in [0.1, 0.15) is 6.92 Å². The maximum absolute atomic E-state index is 13.9. The maximum atomic E-state index is 13.9. The van der Waals surface area contributed by atoms with E-state index in [1.165, 1.54) is 12.1 Å². The Bertz CT molecular complexity index is 794. The summed E-state index contributed by atoms with van der Waals surface area (Å²) in [5, 5.41) is 12.9. The number of hydrogen-bond donors (Lipinski definition) is 3. The summed E-state index contributed by atoms with van der Waals surface area (Å²) in [7, 11) is 0. The minimum absolute atomic E-state index is 0.137. The van der Waals surface area contributed by atoms with Crippen molar-refractivity contribution in [2.45, 2.75) is 13.0 Å². The van der Waals surface area contributed by atoms with Crippen molar-refractivity contribution >= 4 is 28.9 Å². The number of piperazine rings is 1. The van der Waals surface area contributed by atoms with Crippen molar-refractivity contribution in [3.63, 3.8) is 0 Å². The zero-order valence-electron chi connectivity index (χ0n) is 14.5. The SMILES string of the molecule is C[C@@H](C(=O)Nc1ccc(Cl)cc1F)[NH+]1CCN(c2ccccc2O)CC1. The fraction of sp³-hybridized carbons (Fsp3) is 0.316. The molecule has 1 fully saturated rings. The highest BCUT2D eigenvalue weighted by molar-refractivity contribution is 6.30. The van der Waals surface area contributed by atoms with Crippen molar-refractivity contribution < 1.29 is 19.2 Å². The number of aromatic hydroxyl groups is 1. The number of benzene rings is 2. The average Bonchev–Trinajstić information content (AvgIpc) is 2.64. The predicted molar refractivity (Wildman–Crippen MR) is 101 cm³/mol. The van der Waals surface area contributed by atoms with E-state index < -0.39 is 5.82 Å². The normalized spacial score (nSPS) is 16.3. The molecule has 1 aliphatic rings. The average molecular weight is 379 g/mol. The first kappa shape index (κ1) is 18.5. The predicted octanol–water partition coefficient (Wildman–Crippen LogP) is 1.92. The first-order valence-corrected chi connectivity index (χ1v) is 8.97. The van der Waals surface area contributed by atoms with Crippen molar-refractivity contribution in [3.05, 3.63) is 53.3 Å². The number of nitrogens with zero attached hydrogens (tertiary/aromatic N) is 1. The quantitative estimate of drug-likeness (QED) is 0.762. The van der Waals surface area contributed by atoms with Gasteiger partial charge in [0.05, 0.1) is 37.6 Å². The lowest BCUT2D eigenvalue weighted by atomic mass is 10.2. The number of rotatable bonds is 4. The largest absolute Gasteiger partial charge is 0.506 e. The van der Waals surface area contributed by atoms with Gasteiger partial charge in [0.25, 0.3) is 5.91 Å². The van der Waals surface area contributed by atoms with E-state index >= 15 is 0 Å². The summed E-state index contributed by atoms with van der Waals surface area (Å²) >= 11 is 5.73. The van der Waals surface area contributed by atoms with Crippen LogP contribution in [0.4, 0.5) is 15.8 Å². The van der Waals surface area contributed by atoms with Crippen LogP contribution < -0.4 is 15.1 Å². The number of anilines is 2. The lowest BCUT2D eigenvalue weighted by Gasteiger charge is -2.36. The molecule has 5 nitrogen and oxygen atoms in total. The van der Waals surface area contributed by atoms with Gasteiger partial charge in [0, 0.05) is 5.02 Å². The number of nitrogens with one attached hydrogen (secondary N) is 2. The summed E-state index contributed by atoms with van der Waals surface area (Å²) in [5.74, 6) is -0.505. The summed E-state index contributed by atoms with van der Waals surface area (Å²) in [4.78, 5) is 15.7.